The van der Waals surface area contributed by atoms with Crippen molar-refractivity contribution in [3.05, 3.63) is 70.3 Å². The largest absolute Gasteiger partial charge is 0.384 e. The molecule has 0 radical (unpaired) electrons. The van der Waals surface area contributed by atoms with Gasteiger partial charge in [-0.3, -0.25) is 0 Å². The molecular formula is C19H22O. The molecule has 2 aromatic carbocycles. The van der Waals surface area contributed by atoms with Crippen molar-refractivity contribution >= 4 is 0 Å². The highest BCUT2D eigenvalue weighted by atomic mass is 16.3. The van der Waals surface area contributed by atoms with Crippen LogP contribution in [0.15, 0.2) is 42.5 Å². The molecule has 1 fully saturated rings. The fourth-order valence-corrected chi connectivity index (χ4v) is 3.00. The third-order valence-corrected chi connectivity index (χ3v) is 4.55. The Morgan fingerprint density at radius 2 is 1.70 bits per heavy atom. The van der Waals surface area contributed by atoms with Crippen LogP contribution in [0.25, 0.3) is 0 Å². The van der Waals surface area contributed by atoms with E-state index in [4.69, 9.17) is 0 Å². The molecule has 1 aliphatic rings. The first-order valence-corrected chi connectivity index (χ1v) is 7.50. The van der Waals surface area contributed by atoms with E-state index in [1.807, 2.05) is 6.07 Å². The maximum Gasteiger partial charge on any atom is 0.104 e. The highest BCUT2D eigenvalue weighted by molar-refractivity contribution is 5.38. The standard InChI is InChI=1S/C19H22O/c1-13-6-11-18(14(2)12-13)19(20)17-9-7-16(8-10-17)15-4-3-5-15/h6-12,15,19-20H,3-5H2,1-2H3. The molecule has 0 bridgehead atoms. The maximum absolute atomic E-state index is 10.6. The summed E-state index contributed by atoms with van der Waals surface area (Å²) in [5, 5.41) is 10.6. The summed E-state index contributed by atoms with van der Waals surface area (Å²) in [6.07, 6.45) is 3.47. The Morgan fingerprint density at radius 1 is 1.00 bits per heavy atom. The van der Waals surface area contributed by atoms with Crippen LogP contribution >= 0.6 is 0 Å². The second-order valence-electron chi connectivity index (χ2n) is 6.06. The monoisotopic (exact) mass is 266 g/mol. The lowest BCUT2D eigenvalue weighted by Crippen LogP contribution is -2.09. The van der Waals surface area contributed by atoms with Crippen molar-refractivity contribution in [3.8, 4) is 0 Å². The van der Waals surface area contributed by atoms with E-state index in [0.29, 0.717) is 0 Å². The lowest BCUT2D eigenvalue weighted by Gasteiger charge is -2.26. The van der Waals surface area contributed by atoms with Crippen LogP contribution in [0.2, 0.25) is 0 Å². The van der Waals surface area contributed by atoms with Gasteiger partial charge in [-0.05, 0) is 54.9 Å². The van der Waals surface area contributed by atoms with Crippen molar-refractivity contribution in [1.29, 1.82) is 0 Å². The van der Waals surface area contributed by atoms with Crippen LogP contribution < -0.4 is 0 Å². The summed E-state index contributed by atoms with van der Waals surface area (Å²) in [6.45, 7) is 4.14. The first-order chi connectivity index (χ1) is 9.65. The Bertz CT molecular complexity index is 594. The van der Waals surface area contributed by atoms with Crippen molar-refractivity contribution in [2.24, 2.45) is 0 Å². The van der Waals surface area contributed by atoms with Gasteiger partial charge < -0.3 is 5.11 Å². The molecule has 1 atom stereocenters. The average molecular weight is 266 g/mol. The highest BCUT2D eigenvalue weighted by Crippen LogP contribution is 2.37. The quantitative estimate of drug-likeness (QED) is 0.857. The lowest BCUT2D eigenvalue weighted by molar-refractivity contribution is 0.219. The Balaban J connectivity index is 1.84. The first-order valence-electron chi connectivity index (χ1n) is 7.50. The molecular weight excluding hydrogens is 244 g/mol. The molecule has 0 aliphatic heterocycles. The lowest BCUT2D eigenvalue weighted by atomic mass is 9.79. The van der Waals surface area contributed by atoms with Gasteiger partial charge in [-0.25, -0.2) is 0 Å². The van der Waals surface area contributed by atoms with Gasteiger partial charge in [0.2, 0.25) is 0 Å². The van der Waals surface area contributed by atoms with Gasteiger partial charge in [0.25, 0.3) is 0 Å². The minimum Gasteiger partial charge on any atom is -0.384 e. The van der Waals surface area contributed by atoms with Crippen LogP contribution in [0.4, 0.5) is 0 Å². The minimum atomic E-state index is -0.522. The predicted molar refractivity (Wildman–Crippen MR) is 83.0 cm³/mol. The number of hydrogen-bond acceptors (Lipinski definition) is 1. The van der Waals surface area contributed by atoms with Crippen molar-refractivity contribution in [3.63, 3.8) is 0 Å². The molecule has 3 rings (SSSR count). The van der Waals surface area contributed by atoms with Gasteiger partial charge in [0.05, 0.1) is 0 Å². The van der Waals surface area contributed by atoms with Gasteiger partial charge in [0.15, 0.2) is 0 Å². The van der Waals surface area contributed by atoms with Gasteiger partial charge in [-0.1, -0.05) is 54.4 Å². The van der Waals surface area contributed by atoms with E-state index in [1.165, 1.54) is 30.4 Å². The first kappa shape index (κ1) is 13.4. The van der Waals surface area contributed by atoms with E-state index in [0.717, 1.165) is 22.6 Å². The zero-order chi connectivity index (χ0) is 14.1. The number of aryl methyl sites for hydroxylation is 2. The van der Waals surface area contributed by atoms with Crippen LogP contribution in [0.3, 0.4) is 0 Å². The summed E-state index contributed by atoms with van der Waals surface area (Å²) in [4.78, 5) is 0. The van der Waals surface area contributed by atoms with Gasteiger partial charge in [-0.2, -0.15) is 0 Å². The van der Waals surface area contributed by atoms with E-state index in [1.54, 1.807) is 0 Å². The molecule has 1 aliphatic carbocycles. The Hall–Kier alpha value is -1.60. The molecule has 1 nitrogen and oxygen atoms in total. The summed E-state index contributed by atoms with van der Waals surface area (Å²) >= 11 is 0. The Kier molecular flexibility index (Phi) is 3.62. The molecule has 1 unspecified atom stereocenters. The summed E-state index contributed by atoms with van der Waals surface area (Å²) in [5.74, 6) is 0.752. The van der Waals surface area contributed by atoms with Crippen LogP contribution in [0, 0.1) is 13.8 Å². The second-order valence-corrected chi connectivity index (χ2v) is 6.06. The fourth-order valence-electron chi connectivity index (χ4n) is 3.00. The molecule has 1 N–H and O–H groups in total. The highest BCUT2D eigenvalue weighted by Gasteiger charge is 2.20. The summed E-state index contributed by atoms with van der Waals surface area (Å²) in [6, 6.07) is 14.8. The maximum atomic E-state index is 10.6. The molecule has 0 saturated heterocycles. The van der Waals surface area contributed by atoms with Crippen LogP contribution in [-0.2, 0) is 0 Å². The van der Waals surface area contributed by atoms with Crippen molar-refractivity contribution in [2.75, 3.05) is 0 Å². The molecule has 0 spiro atoms. The van der Waals surface area contributed by atoms with E-state index in [2.05, 4.69) is 50.2 Å². The summed E-state index contributed by atoms with van der Waals surface area (Å²) < 4.78 is 0. The smallest absolute Gasteiger partial charge is 0.104 e. The number of aliphatic hydroxyl groups excluding tert-OH is 1. The SMILES string of the molecule is Cc1ccc(C(O)c2ccc(C3CCC3)cc2)c(C)c1. The molecule has 20 heavy (non-hydrogen) atoms. The number of hydrogen-bond donors (Lipinski definition) is 1. The van der Waals surface area contributed by atoms with Crippen molar-refractivity contribution in [2.45, 2.75) is 45.1 Å². The van der Waals surface area contributed by atoms with Gasteiger partial charge in [0.1, 0.15) is 6.10 Å². The van der Waals surface area contributed by atoms with Crippen molar-refractivity contribution in [1.82, 2.24) is 0 Å². The van der Waals surface area contributed by atoms with E-state index in [-0.39, 0.29) is 0 Å². The summed E-state index contributed by atoms with van der Waals surface area (Å²) in [7, 11) is 0. The van der Waals surface area contributed by atoms with E-state index < -0.39 is 6.10 Å². The normalized spacial score (nSPS) is 16.8. The molecule has 2 aromatic rings. The average Bonchev–Trinajstić information content (AvgIpc) is 2.37. The molecule has 104 valence electrons. The second kappa shape index (κ2) is 5.41. The predicted octanol–water partition coefficient (Wildman–Crippen LogP) is 4.65. The van der Waals surface area contributed by atoms with Crippen LogP contribution in [0.1, 0.15) is 59.1 Å². The third kappa shape index (κ3) is 2.51. The van der Waals surface area contributed by atoms with Gasteiger partial charge >= 0.3 is 0 Å². The topological polar surface area (TPSA) is 20.2 Å². The zero-order valence-corrected chi connectivity index (χ0v) is 12.3. The number of rotatable bonds is 3. The zero-order valence-electron chi connectivity index (χ0n) is 12.3. The third-order valence-electron chi connectivity index (χ3n) is 4.55. The summed E-state index contributed by atoms with van der Waals surface area (Å²) in [5.41, 5.74) is 5.80. The van der Waals surface area contributed by atoms with E-state index in [9.17, 15) is 5.11 Å². The van der Waals surface area contributed by atoms with E-state index >= 15 is 0 Å². The fraction of sp³-hybridized carbons (Fsp3) is 0.368. The van der Waals surface area contributed by atoms with Crippen molar-refractivity contribution < 1.29 is 5.11 Å². The van der Waals surface area contributed by atoms with Crippen LogP contribution in [0.5, 0.6) is 0 Å². The van der Waals surface area contributed by atoms with Gasteiger partial charge in [-0.15, -0.1) is 0 Å². The molecule has 1 saturated carbocycles. The molecule has 0 heterocycles. The van der Waals surface area contributed by atoms with Crippen LogP contribution in [-0.4, -0.2) is 5.11 Å². The number of benzene rings is 2. The molecule has 0 aromatic heterocycles. The Labute approximate surface area is 121 Å². The Morgan fingerprint density at radius 3 is 2.25 bits per heavy atom. The number of aliphatic hydroxyl groups is 1. The molecule has 1 heteroatoms. The van der Waals surface area contributed by atoms with Gasteiger partial charge in [0, 0.05) is 0 Å². The minimum absolute atomic E-state index is 0.522. The molecule has 0 amide bonds.